The third kappa shape index (κ3) is 6.23. The predicted molar refractivity (Wildman–Crippen MR) is 129 cm³/mol. The van der Waals surface area contributed by atoms with Crippen LogP contribution in [0.15, 0.2) is 70.4 Å². The zero-order chi connectivity index (χ0) is 23.2. The summed E-state index contributed by atoms with van der Waals surface area (Å²) >= 11 is 19.4. The van der Waals surface area contributed by atoms with Gasteiger partial charge in [0.1, 0.15) is 18.1 Å². The third-order valence-electron chi connectivity index (χ3n) is 4.43. The molecule has 0 aliphatic heterocycles. The standard InChI is InChI=1S/C22H17Cl3N4O3S/c23-14-6-8-15(9-7-14)32-12-19-27-28-22(29(19)11-16-3-2-10-31-16)33-13-20(30)26-21-17(24)4-1-5-18(21)25/h1-10H,11-13H2,(H,26,30). The Bertz CT molecular complexity index is 1210. The number of amides is 1. The molecule has 4 aromatic rings. The number of halogens is 3. The maximum absolute atomic E-state index is 12.5. The number of furan rings is 1. The Balaban J connectivity index is 1.46. The van der Waals surface area contributed by atoms with Crippen LogP contribution in [0.2, 0.25) is 15.1 Å². The van der Waals surface area contributed by atoms with Crippen molar-refractivity contribution in [2.75, 3.05) is 11.1 Å². The minimum Gasteiger partial charge on any atom is -0.486 e. The minimum atomic E-state index is -0.276. The van der Waals surface area contributed by atoms with Crippen molar-refractivity contribution >= 4 is 58.2 Å². The molecule has 1 N–H and O–H groups in total. The van der Waals surface area contributed by atoms with Gasteiger partial charge in [-0.05, 0) is 48.5 Å². The normalized spacial score (nSPS) is 10.9. The van der Waals surface area contributed by atoms with Gasteiger partial charge in [0.05, 0.1) is 34.3 Å². The van der Waals surface area contributed by atoms with Gasteiger partial charge in [0, 0.05) is 5.02 Å². The van der Waals surface area contributed by atoms with Crippen LogP contribution >= 0.6 is 46.6 Å². The van der Waals surface area contributed by atoms with E-state index in [-0.39, 0.29) is 18.3 Å². The molecule has 0 saturated carbocycles. The van der Waals surface area contributed by atoms with Gasteiger partial charge in [0.25, 0.3) is 0 Å². The van der Waals surface area contributed by atoms with Crippen molar-refractivity contribution in [3.8, 4) is 5.75 Å². The van der Waals surface area contributed by atoms with Crippen LogP contribution in [0.5, 0.6) is 5.75 Å². The van der Waals surface area contributed by atoms with Gasteiger partial charge in [-0.25, -0.2) is 0 Å². The van der Waals surface area contributed by atoms with Crippen molar-refractivity contribution in [3.05, 3.63) is 87.5 Å². The van der Waals surface area contributed by atoms with E-state index in [2.05, 4.69) is 15.5 Å². The Morgan fingerprint density at radius 1 is 1.03 bits per heavy atom. The fourth-order valence-corrected chi connectivity index (χ4v) is 4.23. The van der Waals surface area contributed by atoms with Gasteiger partial charge in [0.2, 0.25) is 5.91 Å². The van der Waals surface area contributed by atoms with E-state index >= 15 is 0 Å². The second-order valence-electron chi connectivity index (χ2n) is 6.74. The lowest BCUT2D eigenvalue weighted by Crippen LogP contribution is -2.16. The number of hydrogen-bond acceptors (Lipinski definition) is 6. The molecule has 0 bridgehead atoms. The number of nitrogens with one attached hydrogen (secondary N) is 1. The van der Waals surface area contributed by atoms with E-state index in [1.807, 2.05) is 10.6 Å². The van der Waals surface area contributed by atoms with E-state index in [4.69, 9.17) is 44.0 Å². The summed E-state index contributed by atoms with van der Waals surface area (Å²) in [4.78, 5) is 12.5. The zero-order valence-corrected chi connectivity index (χ0v) is 20.1. The fraction of sp³-hybridized carbons (Fsp3) is 0.136. The SMILES string of the molecule is O=C(CSc1nnc(COc2ccc(Cl)cc2)n1Cc1ccco1)Nc1c(Cl)cccc1Cl. The maximum atomic E-state index is 12.5. The second kappa shape index (κ2) is 11.0. The second-order valence-corrected chi connectivity index (χ2v) is 8.93. The van der Waals surface area contributed by atoms with Crippen LogP contribution in [0.25, 0.3) is 0 Å². The molecular formula is C22H17Cl3N4O3S. The summed E-state index contributed by atoms with van der Waals surface area (Å²) in [5, 5.41) is 13.1. The van der Waals surface area contributed by atoms with E-state index in [1.54, 1.807) is 54.8 Å². The number of ether oxygens (including phenoxy) is 1. The maximum Gasteiger partial charge on any atom is 0.234 e. The summed E-state index contributed by atoms with van der Waals surface area (Å²) in [6.07, 6.45) is 1.59. The molecular weight excluding hydrogens is 507 g/mol. The number of benzene rings is 2. The Hall–Kier alpha value is -2.65. The Morgan fingerprint density at radius 2 is 1.79 bits per heavy atom. The van der Waals surface area contributed by atoms with Gasteiger partial charge in [-0.15, -0.1) is 10.2 Å². The molecule has 0 unspecified atom stereocenters. The average molecular weight is 524 g/mol. The zero-order valence-electron chi connectivity index (χ0n) is 17.0. The molecule has 1 amide bonds. The molecule has 170 valence electrons. The number of carbonyl (C=O) groups is 1. The molecule has 7 nitrogen and oxygen atoms in total. The lowest BCUT2D eigenvalue weighted by molar-refractivity contribution is -0.113. The Labute approximate surface area is 209 Å². The highest BCUT2D eigenvalue weighted by Crippen LogP contribution is 2.30. The van der Waals surface area contributed by atoms with Gasteiger partial charge in [-0.1, -0.05) is 52.6 Å². The quantitative estimate of drug-likeness (QED) is 0.263. The van der Waals surface area contributed by atoms with Crippen molar-refractivity contribution in [2.45, 2.75) is 18.3 Å². The number of anilines is 1. The molecule has 33 heavy (non-hydrogen) atoms. The van der Waals surface area contributed by atoms with Crippen molar-refractivity contribution in [1.29, 1.82) is 0 Å². The predicted octanol–water partition coefficient (Wildman–Crippen LogP) is 6.19. The smallest absolute Gasteiger partial charge is 0.234 e. The van der Waals surface area contributed by atoms with Crippen LogP contribution in [-0.2, 0) is 17.9 Å². The van der Waals surface area contributed by atoms with Crippen LogP contribution in [-0.4, -0.2) is 26.4 Å². The van der Waals surface area contributed by atoms with Crippen LogP contribution < -0.4 is 10.1 Å². The number of carbonyl (C=O) groups excluding carboxylic acids is 1. The van der Waals surface area contributed by atoms with Gasteiger partial charge in [-0.3, -0.25) is 9.36 Å². The molecule has 0 atom stereocenters. The number of hydrogen-bond donors (Lipinski definition) is 1. The Kier molecular flexibility index (Phi) is 7.82. The highest BCUT2D eigenvalue weighted by molar-refractivity contribution is 7.99. The monoisotopic (exact) mass is 522 g/mol. The summed E-state index contributed by atoms with van der Waals surface area (Å²) < 4.78 is 13.1. The van der Waals surface area contributed by atoms with E-state index in [9.17, 15) is 4.79 Å². The molecule has 4 rings (SSSR count). The number of aromatic nitrogens is 3. The molecule has 0 aliphatic rings. The van der Waals surface area contributed by atoms with Crippen molar-refractivity contribution in [1.82, 2.24) is 14.8 Å². The van der Waals surface area contributed by atoms with Crippen LogP contribution in [0.3, 0.4) is 0 Å². The lowest BCUT2D eigenvalue weighted by atomic mass is 10.3. The molecule has 0 saturated heterocycles. The minimum absolute atomic E-state index is 0.0792. The van der Waals surface area contributed by atoms with Gasteiger partial charge in [-0.2, -0.15) is 0 Å². The fourth-order valence-electron chi connectivity index (χ4n) is 2.85. The lowest BCUT2D eigenvalue weighted by Gasteiger charge is -2.11. The highest BCUT2D eigenvalue weighted by Gasteiger charge is 2.17. The molecule has 0 spiro atoms. The number of nitrogens with zero attached hydrogens (tertiary/aromatic N) is 3. The van der Waals surface area contributed by atoms with Crippen molar-refractivity contribution in [3.63, 3.8) is 0 Å². The molecule has 11 heteroatoms. The van der Waals surface area contributed by atoms with Crippen LogP contribution in [0.4, 0.5) is 5.69 Å². The number of rotatable bonds is 9. The topological polar surface area (TPSA) is 82.2 Å². The first-order valence-electron chi connectivity index (χ1n) is 9.69. The first kappa shape index (κ1) is 23.5. The van der Waals surface area contributed by atoms with Crippen molar-refractivity contribution in [2.24, 2.45) is 0 Å². The number of thioether (sulfide) groups is 1. The summed E-state index contributed by atoms with van der Waals surface area (Å²) in [6, 6.07) is 15.7. The molecule has 0 radical (unpaired) electrons. The van der Waals surface area contributed by atoms with E-state index in [0.717, 1.165) is 5.76 Å². The molecule has 0 aliphatic carbocycles. The highest BCUT2D eigenvalue weighted by atomic mass is 35.5. The van der Waals surface area contributed by atoms with Gasteiger partial charge in [0.15, 0.2) is 11.0 Å². The summed E-state index contributed by atoms with van der Waals surface area (Å²) in [5.74, 6) is 1.75. The summed E-state index contributed by atoms with van der Waals surface area (Å²) in [7, 11) is 0. The summed E-state index contributed by atoms with van der Waals surface area (Å²) in [6.45, 7) is 0.566. The van der Waals surface area contributed by atoms with E-state index in [1.165, 1.54) is 11.8 Å². The molecule has 2 aromatic heterocycles. The third-order valence-corrected chi connectivity index (χ3v) is 6.28. The number of para-hydroxylation sites is 1. The van der Waals surface area contributed by atoms with Crippen molar-refractivity contribution < 1.29 is 13.9 Å². The molecule has 2 aromatic carbocycles. The van der Waals surface area contributed by atoms with Gasteiger partial charge >= 0.3 is 0 Å². The van der Waals surface area contributed by atoms with Crippen LogP contribution in [0.1, 0.15) is 11.6 Å². The molecule has 2 heterocycles. The van der Waals surface area contributed by atoms with Crippen LogP contribution in [0, 0.1) is 0 Å². The first-order valence-corrected chi connectivity index (χ1v) is 11.8. The summed E-state index contributed by atoms with van der Waals surface area (Å²) in [5.41, 5.74) is 0.375. The van der Waals surface area contributed by atoms with E-state index in [0.29, 0.717) is 44.0 Å². The van der Waals surface area contributed by atoms with E-state index < -0.39 is 0 Å². The Morgan fingerprint density at radius 3 is 2.48 bits per heavy atom. The molecule has 0 fully saturated rings. The first-order chi connectivity index (χ1) is 16.0. The largest absolute Gasteiger partial charge is 0.486 e. The van der Waals surface area contributed by atoms with Gasteiger partial charge < -0.3 is 14.5 Å². The average Bonchev–Trinajstić information content (AvgIpc) is 3.45.